The zero-order valence-electron chi connectivity index (χ0n) is 27.0. The number of nitrogens with zero attached hydrogens (tertiary/aromatic N) is 1. The normalized spacial score (nSPS) is 26.7. The molecule has 6 unspecified atom stereocenters. The number of benzene rings is 4. The number of nitrogens with one attached hydrogen (secondary N) is 1. The molecule has 10 rings (SSSR count). The van der Waals surface area contributed by atoms with Crippen LogP contribution in [0, 0.1) is 23.7 Å². The fourth-order valence-electron chi connectivity index (χ4n) is 11.1. The highest BCUT2D eigenvalue weighted by Gasteiger charge is 2.43. The Morgan fingerprint density at radius 1 is 0.646 bits per heavy atom. The lowest BCUT2D eigenvalue weighted by Crippen LogP contribution is -2.35. The summed E-state index contributed by atoms with van der Waals surface area (Å²) in [5.74, 6) is -0.868. The fourth-order valence-corrected chi connectivity index (χ4v) is 11.1. The van der Waals surface area contributed by atoms with Crippen LogP contribution in [0.2, 0.25) is 0 Å². The number of hydrogen-bond acceptors (Lipinski definition) is 2. The van der Waals surface area contributed by atoms with Gasteiger partial charge in [-0.15, -0.1) is 0 Å². The van der Waals surface area contributed by atoms with Crippen LogP contribution in [-0.2, 0) is 22.4 Å². The predicted octanol–water partition coefficient (Wildman–Crippen LogP) is 9.48. The second-order valence-electron chi connectivity index (χ2n) is 15.2. The van der Waals surface area contributed by atoms with E-state index in [0.29, 0.717) is 5.92 Å². The van der Waals surface area contributed by atoms with Gasteiger partial charge in [0.05, 0.1) is 34.1 Å². The predicted molar refractivity (Wildman–Crippen MR) is 189 cm³/mol. The third-order valence-electron chi connectivity index (χ3n) is 13.1. The molecule has 0 aliphatic heterocycles. The third-order valence-corrected chi connectivity index (χ3v) is 13.1. The minimum absolute atomic E-state index is 0.169. The van der Waals surface area contributed by atoms with Gasteiger partial charge in [0.15, 0.2) is 0 Å². The lowest BCUT2D eigenvalue weighted by atomic mass is 9.63. The number of aryl methyl sites for hydroxylation is 1. The quantitative estimate of drug-likeness (QED) is 0.180. The first-order valence-corrected chi connectivity index (χ1v) is 18.1. The molecule has 6 heteroatoms. The smallest absolute Gasteiger partial charge is 0.306 e. The van der Waals surface area contributed by atoms with E-state index >= 15 is 0 Å². The zero-order valence-corrected chi connectivity index (χ0v) is 27.0. The van der Waals surface area contributed by atoms with Crippen molar-refractivity contribution in [2.75, 3.05) is 0 Å². The largest absolute Gasteiger partial charge is 0.481 e. The molecule has 0 bridgehead atoms. The summed E-state index contributed by atoms with van der Waals surface area (Å²) in [6.45, 7) is 0. The van der Waals surface area contributed by atoms with E-state index in [1.54, 1.807) is 0 Å². The van der Waals surface area contributed by atoms with E-state index in [4.69, 9.17) is 0 Å². The first-order valence-electron chi connectivity index (χ1n) is 18.1. The summed E-state index contributed by atoms with van der Waals surface area (Å²) >= 11 is 0. The van der Waals surface area contributed by atoms with Crippen LogP contribution in [0.25, 0.3) is 49.3 Å². The van der Waals surface area contributed by atoms with Crippen LogP contribution >= 0.6 is 0 Å². The minimum atomic E-state index is -0.636. The number of aromatic amines is 1. The molecule has 2 saturated carbocycles. The number of H-pyrrole nitrogens is 1. The van der Waals surface area contributed by atoms with Crippen LogP contribution in [0.3, 0.4) is 0 Å². The molecule has 2 heterocycles. The lowest BCUT2D eigenvalue weighted by Gasteiger charge is -2.41. The van der Waals surface area contributed by atoms with Crippen molar-refractivity contribution in [3.63, 3.8) is 0 Å². The van der Waals surface area contributed by atoms with Crippen molar-refractivity contribution < 1.29 is 19.8 Å². The Kier molecular flexibility index (Phi) is 6.20. The Bertz CT molecular complexity index is 2330. The Balaban J connectivity index is 1.26. The van der Waals surface area contributed by atoms with Crippen molar-refractivity contribution in [1.29, 1.82) is 0 Å². The number of rotatable bonds is 3. The average Bonchev–Trinajstić information content (AvgIpc) is 3.64. The second kappa shape index (κ2) is 10.5. The molecule has 6 atom stereocenters. The molecule has 6 nitrogen and oxygen atoms in total. The van der Waals surface area contributed by atoms with Crippen molar-refractivity contribution in [1.82, 2.24) is 9.55 Å². The number of carboxylic acids is 2. The van der Waals surface area contributed by atoms with Crippen molar-refractivity contribution in [3.05, 3.63) is 89.0 Å². The van der Waals surface area contributed by atoms with Crippen LogP contribution in [0.5, 0.6) is 0 Å². The molecular weight excluding hydrogens is 596 g/mol. The molecule has 4 aliphatic carbocycles. The Morgan fingerprint density at radius 3 is 2.04 bits per heavy atom. The van der Waals surface area contributed by atoms with Crippen LogP contribution in [0.1, 0.15) is 85.5 Å². The van der Waals surface area contributed by atoms with Gasteiger partial charge in [-0.05, 0) is 128 Å². The Hall–Kier alpha value is -4.58. The molecule has 2 fully saturated rings. The number of hydrogen-bond donors (Lipinski definition) is 3. The number of aromatic nitrogens is 2. The maximum atomic E-state index is 12.4. The fraction of sp³-hybridized carbons (Fsp3) is 0.381. The molecule has 0 amide bonds. The molecule has 3 N–H and O–H groups in total. The number of carboxylic acid groups (broad SMARTS) is 2. The topological polar surface area (TPSA) is 95.3 Å². The van der Waals surface area contributed by atoms with E-state index in [1.807, 2.05) is 0 Å². The van der Waals surface area contributed by atoms with Gasteiger partial charge < -0.3 is 19.8 Å². The maximum absolute atomic E-state index is 12.4. The van der Waals surface area contributed by atoms with Crippen molar-refractivity contribution >= 4 is 55.6 Å². The van der Waals surface area contributed by atoms with Crippen LogP contribution in [0.4, 0.5) is 0 Å². The summed E-state index contributed by atoms with van der Waals surface area (Å²) in [5.41, 5.74) is 11.3. The Labute approximate surface area is 278 Å². The van der Waals surface area contributed by atoms with E-state index in [0.717, 1.165) is 75.2 Å². The summed E-state index contributed by atoms with van der Waals surface area (Å²) in [6, 6.07) is 24.6. The molecule has 6 aromatic rings. The van der Waals surface area contributed by atoms with Crippen LogP contribution in [0.15, 0.2) is 66.7 Å². The van der Waals surface area contributed by atoms with Crippen molar-refractivity contribution in [2.24, 2.45) is 23.7 Å². The summed E-state index contributed by atoms with van der Waals surface area (Å²) in [7, 11) is 0. The van der Waals surface area contributed by atoms with E-state index in [9.17, 15) is 19.8 Å². The van der Waals surface area contributed by atoms with Gasteiger partial charge in [0.25, 0.3) is 0 Å². The molecule has 0 spiro atoms. The molecule has 242 valence electrons. The van der Waals surface area contributed by atoms with Gasteiger partial charge in [-0.1, -0.05) is 49.2 Å². The van der Waals surface area contributed by atoms with Crippen molar-refractivity contribution in [3.8, 4) is 5.69 Å². The van der Waals surface area contributed by atoms with E-state index < -0.39 is 11.9 Å². The van der Waals surface area contributed by atoms with Gasteiger partial charge in [0.1, 0.15) is 0 Å². The number of aliphatic carboxylic acids is 2. The van der Waals surface area contributed by atoms with Gasteiger partial charge in [-0.3, -0.25) is 9.59 Å². The second-order valence-corrected chi connectivity index (χ2v) is 15.2. The van der Waals surface area contributed by atoms with Gasteiger partial charge in [0.2, 0.25) is 0 Å². The molecule has 4 aliphatic rings. The molecular formula is C42H40N2O4. The monoisotopic (exact) mass is 636 g/mol. The van der Waals surface area contributed by atoms with Gasteiger partial charge in [-0.2, -0.15) is 0 Å². The van der Waals surface area contributed by atoms with Crippen LogP contribution in [-0.4, -0.2) is 31.7 Å². The summed E-state index contributed by atoms with van der Waals surface area (Å²) in [6.07, 6.45) is 9.19. The van der Waals surface area contributed by atoms with Gasteiger partial charge >= 0.3 is 11.9 Å². The average molecular weight is 637 g/mol. The molecule has 0 radical (unpaired) electrons. The highest BCUT2D eigenvalue weighted by molar-refractivity contribution is 6.15. The molecule has 2 aromatic heterocycles. The van der Waals surface area contributed by atoms with Gasteiger partial charge in [0, 0.05) is 27.1 Å². The SMILES string of the molecule is O=C(O)C1CCCC2c3cc4c5ccccc5n(-c5c6c(cc7c5[nH]c5ccccc57)C5CCCC(C(=O)O)C5CC6)c4cc3CCC12. The zero-order chi connectivity index (χ0) is 32.3. The molecule has 48 heavy (non-hydrogen) atoms. The standard InChI is InChI=1S/C42H40N2O4/c45-41(46)30-11-5-9-23-25(30)16-15-22-19-38-34(20-32(22)23)28-8-2-4-14-37(28)44(38)40-29-18-17-26-24(10-6-12-31(26)42(47)48)33(29)21-35-27-7-1-3-13-36(27)43-39(35)40/h1-4,7-8,13-14,19-21,23-26,30-31,43H,5-6,9-12,15-18H2,(H,45,46)(H,47,48). The molecule has 0 saturated heterocycles. The Morgan fingerprint density at radius 2 is 1.29 bits per heavy atom. The van der Waals surface area contributed by atoms with Crippen molar-refractivity contribution in [2.45, 2.75) is 76.0 Å². The summed E-state index contributed by atoms with van der Waals surface area (Å²) in [4.78, 5) is 28.6. The maximum Gasteiger partial charge on any atom is 0.306 e. The van der Waals surface area contributed by atoms with E-state index in [-0.39, 0.29) is 29.6 Å². The molecule has 4 aromatic carbocycles. The lowest BCUT2D eigenvalue weighted by molar-refractivity contribution is -0.146. The number of fused-ring (bicyclic) bond motifs is 12. The highest BCUT2D eigenvalue weighted by atomic mass is 16.4. The number of carbonyl (C=O) groups is 2. The number of para-hydroxylation sites is 2. The summed E-state index contributed by atoms with van der Waals surface area (Å²) in [5, 5.41) is 25.2. The third kappa shape index (κ3) is 3.92. The van der Waals surface area contributed by atoms with Gasteiger partial charge in [-0.25, -0.2) is 0 Å². The van der Waals surface area contributed by atoms with E-state index in [1.165, 1.54) is 60.5 Å². The summed E-state index contributed by atoms with van der Waals surface area (Å²) < 4.78 is 2.52. The first-order chi connectivity index (χ1) is 23.5. The van der Waals surface area contributed by atoms with E-state index in [2.05, 4.69) is 76.3 Å². The highest BCUT2D eigenvalue weighted by Crippen LogP contribution is 2.53. The van der Waals surface area contributed by atoms with Crippen LogP contribution < -0.4 is 0 Å². The minimum Gasteiger partial charge on any atom is -0.481 e. The first kappa shape index (κ1) is 28.4.